The molecule has 0 saturated carbocycles. The molecular formula is C10H17N5O3. The molecule has 1 amide bonds. The first-order valence-corrected chi connectivity index (χ1v) is 5.67. The average Bonchev–Trinajstić information content (AvgIpc) is 2.62. The van der Waals surface area contributed by atoms with E-state index >= 15 is 0 Å². The van der Waals surface area contributed by atoms with Gasteiger partial charge in [-0.25, -0.2) is 4.68 Å². The van der Waals surface area contributed by atoms with Gasteiger partial charge in [-0.05, 0) is 13.3 Å². The number of anilines is 1. The molecule has 8 nitrogen and oxygen atoms in total. The second-order valence-corrected chi connectivity index (χ2v) is 3.79. The monoisotopic (exact) mass is 255 g/mol. The number of likely N-dealkylation sites (N-methyl/N-ethyl adjacent to an activating group) is 1. The Hall–Kier alpha value is -2.12. The lowest BCUT2D eigenvalue weighted by Gasteiger charge is -2.07. The molecule has 0 bridgehead atoms. The molecule has 0 aliphatic heterocycles. The molecule has 18 heavy (non-hydrogen) atoms. The van der Waals surface area contributed by atoms with Crippen LogP contribution in [-0.2, 0) is 11.3 Å². The molecule has 0 radical (unpaired) electrons. The third kappa shape index (κ3) is 2.96. The molecule has 0 aromatic carbocycles. The SMILES string of the molecule is CCCn1nc(C)c([N+](=O)[O-])c1NCC(=O)NC. The zero-order chi connectivity index (χ0) is 13.7. The second kappa shape index (κ2) is 5.99. The molecule has 0 aliphatic rings. The van der Waals surface area contributed by atoms with E-state index in [-0.39, 0.29) is 24.0 Å². The van der Waals surface area contributed by atoms with E-state index in [1.165, 1.54) is 11.7 Å². The summed E-state index contributed by atoms with van der Waals surface area (Å²) < 4.78 is 1.52. The predicted octanol–water partition coefficient (Wildman–Crippen LogP) is 0.668. The summed E-state index contributed by atoms with van der Waals surface area (Å²) in [5.74, 6) is 0.0362. The van der Waals surface area contributed by atoms with Crippen LogP contribution in [0.25, 0.3) is 0 Å². The fourth-order valence-electron chi connectivity index (χ4n) is 1.59. The van der Waals surface area contributed by atoms with Crippen molar-refractivity contribution in [2.24, 2.45) is 0 Å². The topological polar surface area (TPSA) is 102 Å². The van der Waals surface area contributed by atoms with Crippen LogP contribution in [-0.4, -0.2) is 34.2 Å². The van der Waals surface area contributed by atoms with E-state index in [1.54, 1.807) is 6.92 Å². The van der Waals surface area contributed by atoms with Crippen LogP contribution in [0.15, 0.2) is 0 Å². The van der Waals surface area contributed by atoms with Crippen LogP contribution in [0, 0.1) is 17.0 Å². The van der Waals surface area contributed by atoms with E-state index in [9.17, 15) is 14.9 Å². The van der Waals surface area contributed by atoms with Crippen LogP contribution in [0.3, 0.4) is 0 Å². The maximum atomic E-state index is 11.2. The van der Waals surface area contributed by atoms with Crippen molar-refractivity contribution in [1.82, 2.24) is 15.1 Å². The van der Waals surface area contributed by atoms with Gasteiger partial charge in [0.25, 0.3) is 0 Å². The van der Waals surface area contributed by atoms with Crippen molar-refractivity contribution in [3.63, 3.8) is 0 Å². The molecule has 1 rings (SSSR count). The summed E-state index contributed by atoms with van der Waals surface area (Å²) in [7, 11) is 1.51. The third-order valence-corrected chi connectivity index (χ3v) is 2.41. The molecule has 1 heterocycles. The van der Waals surface area contributed by atoms with Crippen molar-refractivity contribution in [1.29, 1.82) is 0 Å². The highest BCUT2D eigenvalue weighted by atomic mass is 16.6. The minimum atomic E-state index is -0.485. The molecule has 0 aliphatic carbocycles. The van der Waals surface area contributed by atoms with Crippen molar-refractivity contribution < 1.29 is 9.72 Å². The summed E-state index contributed by atoms with van der Waals surface area (Å²) >= 11 is 0. The number of hydrogen-bond acceptors (Lipinski definition) is 5. The van der Waals surface area contributed by atoms with Gasteiger partial charge in [-0.15, -0.1) is 0 Å². The zero-order valence-corrected chi connectivity index (χ0v) is 10.7. The van der Waals surface area contributed by atoms with Crippen LogP contribution in [0.5, 0.6) is 0 Å². The third-order valence-electron chi connectivity index (χ3n) is 2.41. The number of nitro groups is 1. The highest BCUT2D eigenvalue weighted by molar-refractivity contribution is 5.81. The summed E-state index contributed by atoms with van der Waals surface area (Å²) in [6.45, 7) is 4.07. The number of nitrogens with zero attached hydrogens (tertiary/aromatic N) is 3. The smallest absolute Gasteiger partial charge is 0.333 e. The highest BCUT2D eigenvalue weighted by Crippen LogP contribution is 2.28. The maximum absolute atomic E-state index is 11.2. The molecule has 0 atom stereocenters. The van der Waals surface area contributed by atoms with E-state index in [1.807, 2.05) is 6.92 Å². The number of amides is 1. The molecule has 0 unspecified atom stereocenters. The lowest BCUT2D eigenvalue weighted by Crippen LogP contribution is -2.27. The van der Waals surface area contributed by atoms with Gasteiger partial charge in [0.2, 0.25) is 11.7 Å². The Morgan fingerprint density at radius 1 is 1.56 bits per heavy atom. The van der Waals surface area contributed by atoms with Gasteiger partial charge in [0.1, 0.15) is 5.69 Å². The Bertz CT molecular complexity index is 455. The number of hydrogen-bond donors (Lipinski definition) is 2. The minimum absolute atomic E-state index is 0.0216. The molecule has 1 aromatic rings. The van der Waals surface area contributed by atoms with Gasteiger partial charge in [-0.1, -0.05) is 6.92 Å². The number of rotatable bonds is 6. The first-order chi connectivity index (χ1) is 8.51. The second-order valence-electron chi connectivity index (χ2n) is 3.79. The van der Waals surface area contributed by atoms with Crippen LogP contribution < -0.4 is 10.6 Å². The number of aryl methyl sites for hydroxylation is 2. The van der Waals surface area contributed by atoms with Crippen LogP contribution in [0.2, 0.25) is 0 Å². The predicted molar refractivity (Wildman–Crippen MR) is 66.5 cm³/mol. The standard InChI is InChI=1S/C10H17N5O3/c1-4-5-14-10(12-6-8(16)11-3)9(15(17)18)7(2)13-14/h12H,4-6H2,1-3H3,(H,11,16). The molecule has 1 aromatic heterocycles. The highest BCUT2D eigenvalue weighted by Gasteiger charge is 2.25. The first-order valence-electron chi connectivity index (χ1n) is 5.67. The summed E-state index contributed by atoms with van der Waals surface area (Å²) in [5, 5.41) is 20.3. The van der Waals surface area contributed by atoms with Crippen molar-refractivity contribution in [3.05, 3.63) is 15.8 Å². The fourth-order valence-corrected chi connectivity index (χ4v) is 1.59. The Balaban J connectivity index is 3.03. The van der Waals surface area contributed by atoms with E-state index in [0.717, 1.165) is 6.42 Å². The van der Waals surface area contributed by atoms with E-state index in [4.69, 9.17) is 0 Å². The Kier molecular flexibility index (Phi) is 4.64. The van der Waals surface area contributed by atoms with Crippen LogP contribution in [0.1, 0.15) is 19.0 Å². The van der Waals surface area contributed by atoms with Gasteiger partial charge < -0.3 is 10.6 Å². The molecule has 8 heteroatoms. The van der Waals surface area contributed by atoms with Crippen molar-refractivity contribution >= 4 is 17.4 Å². The van der Waals surface area contributed by atoms with Crippen LogP contribution in [0.4, 0.5) is 11.5 Å². The molecule has 0 fully saturated rings. The van der Waals surface area contributed by atoms with Gasteiger partial charge in [0.15, 0.2) is 0 Å². The number of carbonyl (C=O) groups is 1. The average molecular weight is 255 g/mol. The molecule has 2 N–H and O–H groups in total. The van der Waals surface area contributed by atoms with Gasteiger partial charge in [-0.2, -0.15) is 5.10 Å². The number of carbonyl (C=O) groups excluding carboxylic acids is 1. The summed E-state index contributed by atoms with van der Waals surface area (Å²) in [6.07, 6.45) is 0.799. The number of nitrogens with one attached hydrogen (secondary N) is 2. The number of aromatic nitrogens is 2. The van der Waals surface area contributed by atoms with E-state index in [0.29, 0.717) is 12.2 Å². The van der Waals surface area contributed by atoms with E-state index in [2.05, 4.69) is 15.7 Å². The lowest BCUT2D eigenvalue weighted by atomic mass is 10.3. The first kappa shape index (κ1) is 13.9. The van der Waals surface area contributed by atoms with Gasteiger partial charge in [-0.3, -0.25) is 14.9 Å². The van der Waals surface area contributed by atoms with Crippen LogP contribution >= 0.6 is 0 Å². The maximum Gasteiger partial charge on any atom is 0.333 e. The Morgan fingerprint density at radius 3 is 2.72 bits per heavy atom. The Morgan fingerprint density at radius 2 is 2.22 bits per heavy atom. The quantitative estimate of drug-likeness (QED) is 0.574. The largest absolute Gasteiger partial charge is 0.358 e. The molecule has 100 valence electrons. The molecule has 0 saturated heterocycles. The van der Waals surface area contributed by atoms with Gasteiger partial charge >= 0.3 is 5.69 Å². The molecule has 0 spiro atoms. The minimum Gasteiger partial charge on any atom is -0.358 e. The van der Waals surface area contributed by atoms with E-state index < -0.39 is 4.92 Å². The Labute approximate surface area is 105 Å². The summed E-state index contributed by atoms with van der Waals surface area (Å²) in [5.41, 5.74) is 0.264. The fraction of sp³-hybridized carbons (Fsp3) is 0.600. The zero-order valence-electron chi connectivity index (χ0n) is 10.7. The summed E-state index contributed by atoms with van der Waals surface area (Å²) in [6, 6.07) is 0. The normalized spacial score (nSPS) is 10.2. The van der Waals surface area contributed by atoms with Crippen molar-refractivity contribution in [3.8, 4) is 0 Å². The van der Waals surface area contributed by atoms with Gasteiger partial charge in [0, 0.05) is 13.6 Å². The molecular weight excluding hydrogens is 238 g/mol. The summed E-state index contributed by atoms with van der Waals surface area (Å²) in [4.78, 5) is 21.7. The van der Waals surface area contributed by atoms with Crippen molar-refractivity contribution in [2.45, 2.75) is 26.8 Å². The van der Waals surface area contributed by atoms with Gasteiger partial charge in [0.05, 0.1) is 11.5 Å². The lowest BCUT2D eigenvalue weighted by molar-refractivity contribution is -0.384. The van der Waals surface area contributed by atoms with Crippen molar-refractivity contribution in [2.75, 3.05) is 18.9 Å².